The molecule has 0 fully saturated rings. The number of sulfonamides is 1. The van der Waals surface area contributed by atoms with Crippen LogP contribution in [0.4, 0.5) is 10.7 Å². The fourth-order valence-corrected chi connectivity index (χ4v) is 6.44. The molecule has 1 heterocycles. The highest BCUT2D eigenvalue weighted by molar-refractivity contribution is 7.92. The zero-order valence-corrected chi connectivity index (χ0v) is 21.5. The third kappa shape index (κ3) is 6.28. The summed E-state index contributed by atoms with van der Waals surface area (Å²) < 4.78 is 31.3. The summed E-state index contributed by atoms with van der Waals surface area (Å²) in [5, 5.41) is 3.83. The molecular weight excluding hydrogens is 484 g/mol. The topological polar surface area (TPSA) is 92.8 Å². The van der Waals surface area contributed by atoms with Gasteiger partial charge < -0.3 is 10.1 Å². The Bertz CT molecular complexity index is 1140. The number of anilines is 2. The molecule has 1 aromatic carbocycles. The van der Waals surface area contributed by atoms with E-state index in [0.717, 1.165) is 47.9 Å². The molecule has 10 heteroatoms. The predicted octanol–water partition coefficient (Wildman–Crippen LogP) is 4.95. The van der Waals surface area contributed by atoms with E-state index >= 15 is 0 Å². The minimum atomic E-state index is -3.56. The second kappa shape index (κ2) is 10.9. The van der Waals surface area contributed by atoms with Crippen LogP contribution in [0.5, 0.6) is 0 Å². The fourth-order valence-electron chi connectivity index (χ4n) is 3.96. The number of carbonyl (C=O) groups excluding carboxylic acids is 2. The van der Waals surface area contributed by atoms with Crippen molar-refractivity contribution in [2.75, 3.05) is 29.0 Å². The maximum absolute atomic E-state index is 12.7. The van der Waals surface area contributed by atoms with Crippen molar-refractivity contribution >= 4 is 55.5 Å². The van der Waals surface area contributed by atoms with Crippen LogP contribution in [-0.4, -0.2) is 39.7 Å². The first kappa shape index (κ1) is 25.5. The fraction of sp³-hybridized carbons (Fsp3) is 0.478. The second-order valence-electron chi connectivity index (χ2n) is 8.05. The van der Waals surface area contributed by atoms with E-state index in [1.165, 1.54) is 15.6 Å². The summed E-state index contributed by atoms with van der Waals surface area (Å²) in [7, 11) is -3.56. The van der Waals surface area contributed by atoms with Gasteiger partial charge in [0.05, 0.1) is 24.1 Å². The van der Waals surface area contributed by atoms with Crippen LogP contribution in [-0.2, 0) is 32.4 Å². The average Bonchev–Trinajstić information content (AvgIpc) is 3.10. The van der Waals surface area contributed by atoms with Crippen LogP contribution in [0.1, 0.15) is 59.0 Å². The van der Waals surface area contributed by atoms with Gasteiger partial charge in [-0.3, -0.25) is 9.10 Å². The zero-order valence-electron chi connectivity index (χ0n) is 19.1. The van der Waals surface area contributed by atoms with Gasteiger partial charge in [0, 0.05) is 22.9 Å². The number of fused-ring (bicyclic) bond motifs is 1. The molecule has 0 saturated heterocycles. The summed E-state index contributed by atoms with van der Waals surface area (Å²) in [5.41, 5.74) is 2.73. The van der Waals surface area contributed by atoms with Crippen LogP contribution < -0.4 is 9.62 Å². The van der Waals surface area contributed by atoms with Gasteiger partial charge in [0.2, 0.25) is 15.9 Å². The van der Waals surface area contributed by atoms with Crippen molar-refractivity contribution in [1.82, 2.24) is 0 Å². The number of carbonyl (C=O) groups is 2. The quantitative estimate of drug-likeness (QED) is 0.480. The first-order valence-corrected chi connectivity index (χ1v) is 14.0. The number of hydrogen-bond acceptors (Lipinski definition) is 6. The van der Waals surface area contributed by atoms with Crippen molar-refractivity contribution in [3.63, 3.8) is 0 Å². The summed E-state index contributed by atoms with van der Waals surface area (Å²) >= 11 is 7.50. The summed E-state index contributed by atoms with van der Waals surface area (Å²) in [6, 6.07) is 5.08. The van der Waals surface area contributed by atoms with E-state index in [9.17, 15) is 18.0 Å². The molecule has 1 N–H and O–H groups in total. The number of halogens is 1. The highest BCUT2D eigenvalue weighted by Gasteiger charge is 2.27. The average molecular weight is 513 g/mol. The number of nitrogens with zero attached hydrogens (tertiary/aromatic N) is 1. The molecule has 2 aromatic rings. The van der Waals surface area contributed by atoms with Crippen molar-refractivity contribution < 1.29 is 22.7 Å². The summed E-state index contributed by atoms with van der Waals surface area (Å²) in [4.78, 5) is 26.4. The predicted molar refractivity (Wildman–Crippen MR) is 133 cm³/mol. The maximum atomic E-state index is 12.7. The Labute approximate surface area is 204 Å². The lowest BCUT2D eigenvalue weighted by Gasteiger charge is -2.24. The van der Waals surface area contributed by atoms with Crippen molar-refractivity contribution in [3.05, 3.63) is 44.8 Å². The molecule has 0 atom stereocenters. The van der Waals surface area contributed by atoms with Crippen LogP contribution in [0, 0.1) is 6.92 Å². The number of esters is 1. The van der Waals surface area contributed by atoms with E-state index in [1.807, 2.05) is 6.92 Å². The zero-order chi connectivity index (χ0) is 24.2. The molecular formula is C23H29ClN2O5S2. The molecule has 3 rings (SSSR count). The highest BCUT2D eigenvalue weighted by atomic mass is 35.5. The van der Waals surface area contributed by atoms with Crippen LogP contribution in [0.2, 0.25) is 5.02 Å². The second-order valence-corrected chi connectivity index (χ2v) is 11.5. The monoisotopic (exact) mass is 512 g/mol. The lowest BCUT2D eigenvalue weighted by atomic mass is 9.95. The number of rotatable bonds is 9. The number of thiophene rings is 1. The van der Waals surface area contributed by atoms with Crippen molar-refractivity contribution in [1.29, 1.82) is 0 Å². The molecule has 0 aliphatic heterocycles. The SMILES string of the molecule is CCOC(=O)c1c(NC(=O)CCCN(c2cc(Cl)ccc2C)S(C)(=O)=O)sc2c1CCCC2. The summed E-state index contributed by atoms with van der Waals surface area (Å²) in [5.74, 6) is -0.678. The van der Waals surface area contributed by atoms with Crippen molar-refractivity contribution in [2.24, 2.45) is 0 Å². The molecule has 0 radical (unpaired) electrons. The molecule has 1 aromatic heterocycles. The van der Waals surface area contributed by atoms with Gasteiger partial charge in [0.15, 0.2) is 0 Å². The highest BCUT2D eigenvalue weighted by Crippen LogP contribution is 2.38. The largest absolute Gasteiger partial charge is 0.462 e. The first-order valence-electron chi connectivity index (χ1n) is 11.0. The van der Waals surface area contributed by atoms with Crippen LogP contribution >= 0.6 is 22.9 Å². The van der Waals surface area contributed by atoms with E-state index in [-0.39, 0.29) is 25.5 Å². The Hall–Kier alpha value is -2.10. The lowest BCUT2D eigenvalue weighted by molar-refractivity contribution is -0.116. The Balaban J connectivity index is 1.70. The van der Waals surface area contributed by atoms with E-state index in [4.69, 9.17) is 16.3 Å². The first-order chi connectivity index (χ1) is 15.6. The Kier molecular flexibility index (Phi) is 8.42. The standard InChI is InChI=1S/C23H29ClN2O5S2/c1-4-31-23(28)21-17-8-5-6-9-19(17)32-22(21)25-20(27)10-7-13-26(33(3,29)30)18-14-16(24)12-11-15(18)2/h11-12,14H,4-10,13H2,1-3H3,(H,25,27). The molecule has 1 amide bonds. The van der Waals surface area contributed by atoms with Gasteiger partial charge in [-0.25, -0.2) is 13.2 Å². The van der Waals surface area contributed by atoms with Gasteiger partial charge >= 0.3 is 5.97 Å². The van der Waals surface area contributed by atoms with E-state index in [0.29, 0.717) is 27.7 Å². The van der Waals surface area contributed by atoms with Gasteiger partial charge in [-0.15, -0.1) is 11.3 Å². The Morgan fingerprint density at radius 1 is 1.24 bits per heavy atom. The van der Waals surface area contributed by atoms with E-state index in [1.54, 1.807) is 25.1 Å². The maximum Gasteiger partial charge on any atom is 0.341 e. The number of nitrogens with one attached hydrogen (secondary N) is 1. The smallest absolute Gasteiger partial charge is 0.341 e. The summed E-state index contributed by atoms with van der Waals surface area (Å²) in [6.45, 7) is 3.97. The van der Waals surface area contributed by atoms with Crippen molar-refractivity contribution in [2.45, 2.75) is 52.4 Å². The molecule has 0 spiro atoms. The Morgan fingerprint density at radius 2 is 1.97 bits per heavy atom. The molecule has 33 heavy (non-hydrogen) atoms. The molecule has 7 nitrogen and oxygen atoms in total. The van der Waals surface area contributed by atoms with Crippen molar-refractivity contribution in [3.8, 4) is 0 Å². The summed E-state index contributed by atoms with van der Waals surface area (Å²) in [6.07, 6.45) is 5.32. The van der Waals surface area contributed by atoms with Gasteiger partial charge in [-0.2, -0.15) is 0 Å². The van der Waals surface area contributed by atoms with E-state index in [2.05, 4.69) is 5.32 Å². The van der Waals surface area contributed by atoms with Gasteiger partial charge in [0.25, 0.3) is 0 Å². The number of ether oxygens (including phenoxy) is 1. The number of aryl methyl sites for hydroxylation is 2. The van der Waals surface area contributed by atoms with E-state index < -0.39 is 16.0 Å². The molecule has 1 aliphatic carbocycles. The number of benzene rings is 1. The third-order valence-electron chi connectivity index (χ3n) is 5.51. The lowest BCUT2D eigenvalue weighted by Crippen LogP contribution is -2.32. The third-order valence-corrected chi connectivity index (χ3v) is 8.13. The molecule has 0 saturated carbocycles. The molecule has 0 unspecified atom stereocenters. The van der Waals surface area contributed by atoms with Crippen LogP contribution in [0.3, 0.4) is 0 Å². The van der Waals surface area contributed by atoms with Gasteiger partial charge in [0.1, 0.15) is 5.00 Å². The molecule has 1 aliphatic rings. The number of amides is 1. The van der Waals surface area contributed by atoms with Gasteiger partial charge in [-0.05, 0) is 69.2 Å². The van der Waals surface area contributed by atoms with Crippen LogP contribution in [0.25, 0.3) is 0 Å². The van der Waals surface area contributed by atoms with Crippen LogP contribution in [0.15, 0.2) is 18.2 Å². The molecule has 0 bridgehead atoms. The normalized spacial score (nSPS) is 13.3. The minimum Gasteiger partial charge on any atom is -0.462 e. The molecule has 180 valence electrons. The Morgan fingerprint density at radius 3 is 2.67 bits per heavy atom. The number of hydrogen-bond donors (Lipinski definition) is 1. The van der Waals surface area contributed by atoms with Gasteiger partial charge in [-0.1, -0.05) is 17.7 Å². The minimum absolute atomic E-state index is 0.108.